The standard InChI is InChI=1S/C18H27N3O2S.HI/c1-4-19-17(21-10-11-24(22,23)18(2,3)13-21)20-16-12-15(16)14-8-6-5-7-9-14;/h5-9,15-16H,4,10-13H2,1-3H3,(H,19,20);1H. The zero-order chi connectivity index (χ0) is 17.4. The van der Waals surface area contributed by atoms with Gasteiger partial charge in [-0.2, -0.15) is 0 Å². The van der Waals surface area contributed by atoms with E-state index >= 15 is 0 Å². The van der Waals surface area contributed by atoms with E-state index in [4.69, 9.17) is 0 Å². The fourth-order valence-corrected chi connectivity index (χ4v) is 4.67. The van der Waals surface area contributed by atoms with Crippen LogP contribution in [0.5, 0.6) is 0 Å². The number of aliphatic imine (C=N–C) groups is 1. The van der Waals surface area contributed by atoms with Gasteiger partial charge in [-0.1, -0.05) is 30.3 Å². The highest BCUT2D eigenvalue weighted by Crippen LogP contribution is 2.40. The largest absolute Gasteiger partial charge is 0.353 e. The second-order valence-corrected chi connectivity index (χ2v) is 10.0. The lowest BCUT2D eigenvalue weighted by atomic mass is 10.1. The minimum atomic E-state index is -3.03. The Morgan fingerprint density at radius 2 is 2.00 bits per heavy atom. The third kappa shape index (κ3) is 4.48. The van der Waals surface area contributed by atoms with E-state index in [2.05, 4.69) is 39.5 Å². The molecule has 0 amide bonds. The predicted octanol–water partition coefficient (Wildman–Crippen LogP) is 2.64. The van der Waals surface area contributed by atoms with Gasteiger partial charge in [-0.25, -0.2) is 8.42 Å². The minimum Gasteiger partial charge on any atom is -0.353 e. The summed E-state index contributed by atoms with van der Waals surface area (Å²) in [5, 5.41) is 3.56. The molecule has 5 nitrogen and oxygen atoms in total. The zero-order valence-electron chi connectivity index (χ0n) is 15.1. The summed E-state index contributed by atoms with van der Waals surface area (Å²) in [6.45, 7) is 7.32. The number of rotatable bonds is 3. The first-order valence-corrected chi connectivity index (χ1v) is 10.3. The maximum Gasteiger partial charge on any atom is 0.194 e. The van der Waals surface area contributed by atoms with Crippen LogP contribution in [0.25, 0.3) is 0 Å². The summed E-state index contributed by atoms with van der Waals surface area (Å²) >= 11 is 0. The molecule has 1 aromatic carbocycles. The molecule has 1 N–H and O–H groups in total. The smallest absolute Gasteiger partial charge is 0.194 e. The van der Waals surface area contributed by atoms with E-state index in [1.54, 1.807) is 0 Å². The van der Waals surface area contributed by atoms with Gasteiger partial charge >= 0.3 is 0 Å². The number of nitrogens with zero attached hydrogens (tertiary/aromatic N) is 2. The maximum absolute atomic E-state index is 12.2. The molecule has 0 bridgehead atoms. The first kappa shape index (κ1) is 20.5. The van der Waals surface area contributed by atoms with Crippen LogP contribution in [0.2, 0.25) is 0 Å². The Morgan fingerprint density at radius 1 is 1.32 bits per heavy atom. The van der Waals surface area contributed by atoms with Crippen molar-refractivity contribution in [2.24, 2.45) is 4.99 Å². The van der Waals surface area contributed by atoms with Crippen LogP contribution in [0.15, 0.2) is 35.3 Å². The molecule has 0 spiro atoms. The van der Waals surface area contributed by atoms with Gasteiger partial charge in [-0.3, -0.25) is 4.99 Å². The number of halogens is 1. The van der Waals surface area contributed by atoms with Crippen LogP contribution >= 0.6 is 24.0 Å². The van der Waals surface area contributed by atoms with Gasteiger partial charge in [0.25, 0.3) is 0 Å². The van der Waals surface area contributed by atoms with Gasteiger partial charge in [-0.05, 0) is 32.8 Å². The van der Waals surface area contributed by atoms with Crippen molar-refractivity contribution < 1.29 is 8.42 Å². The third-order valence-electron chi connectivity index (χ3n) is 4.98. The molecular weight excluding hydrogens is 449 g/mol. The Hall–Kier alpha value is -0.830. The molecule has 0 aromatic heterocycles. The topological polar surface area (TPSA) is 61.8 Å². The van der Waals surface area contributed by atoms with Crippen molar-refractivity contribution >= 4 is 39.8 Å². The molecule has 140 valence electrons. The fourth-order valence-electron chi connectivity index (χ4n) is 3.30. The molecule has 0 radical (unpaired) electrons. The van der Waals surface area contributed by atoms with Crippen molar-refractivity contribution in [3.05, 3.63) is 35.9 Å². The number of nitrogens with one attached hydrogen (secondary N) is 1. The van der Waals surface area contributed by atoms with Gasteiger partial charge in [0.05, 0.1) is 10.5 Å². The van der Waals surface area contributed by atoms with Crippen LogP contribution in [-0.2, 0) is 9.84 Å². The van der Waals surface area contributed by atoms with Gasteiger partial charge in [0.2, 0.25) is 0 Å². The lowest BCUT2D eigenvalue weighted by molar-refractivity contribution is 0.352. The molecule has 2 atom stereocenters. The summed E-state index contributed by atoms with van der Waals surface area (Å²) in [5.41, 5.74) is 1.35. The van der Waals surface area contributed by atoms with E-state index in [1.165, 1.54) is 5.56 Å². The first-order valence-electron chi connectivity index (χ1n) is 8.67. The lowest BCUT2D eigenvalue weighted by Crippen LogP contribution is -2.57. The fraction of sp³-hybridized carbons (Fsp3) is 0.611. The van der Waals surface area contributed by atoms with Crippen molar-refractivity contribution in [1.82, 2.24) is 10.2 Å². The molecule has 7 heteroatoms. The summed E-state index contributed by atoms with van der Waals surface area (Å²) in [7, 11) is -3.03. The molecule has 3 rings (SSSR count). The molecule has 1 aromatic rings. The van der Waals surface area contributed by atoms with Crippen LogP contribution in [0.3, 0.4) is 0 Å². The van der Waals surface area contributed by atoms with Crippen LogP contribution in [0.1, 0.15) is 38.7 Å². The summed E-state index contributed by atoms with van der Waals surface area (Å²) in [4.78, 5) is 6.71. The molecule has 1 saturated carbocycles. The Kier molecular flexibility index (Phi) is 6.40. The molecule has 2 unspecified atom stereocenters. The van der Waals surface area contributed by atoms with Gasteiger partial charge in [-0.15, -0.1) is 24.0 Å². The highest BCUT2D eigenvalue weighted by molar-refractivity contribution is 14.0. The van der Waals surface area contributed by atoms with Crippen LogP contribution in [-0.4, -0.2) is 55.5 Å². The zero-order valence-corrected chi connectivity index (χ0v) is 18.3. The SMILES string of the molecule is CCN=C(NC1CC1c1ccccc1)N1CCS(=O)(=O)C(C)(C)C1.I. The molecule has 25 heavy (non-hydrogen) atoms. The van der Waals surface area contributed by atoms with Gasteiger partial charge < -0.3 is 10.2 Å². The summed E-state index contributed by atoms with van der Waals surface area (Å²) in [6, 6.07) is 10.9. The van der Waals surface area contributed by atoms with Gasteiger partial charge in [0, 0.05) is 31.6 Å². The maximum atomic E-state index is 12.2. The lowest BCUT2D eigenvalue weighted by Gasteiger charge is -2.39. The molecule has 2 aliphatic rings. The average molecular weight is 477 g/mol. The highest BCUT2D eigenvalue weighted by Gasteiger charge is 2.43. The van der Waals surface area contributed by atoms with Crippen LogP contribution in [0, 0.1) is 0 Å². The Labute approximate surface area is 168 Å². The number of benzene rings is 1. The predicted molar refractivity (Wildman–Crippen MR) is 114 cm³/mol. The monoisotopic (exact) mass is 477 g/mol. The third-order valence-corrected chi connectivity index (χ3v) is 7.52. The highest BCUT2D eigenvalue weighted by atomic mass is 127. The van der Waals surface area contributed by atoms with E-state index in [1.807, 2.05) is 26.8 Å². The van der Waals surface area contributed by atoms with Crippen molar-refractivity contribution in [2.45, 2.75) is 43.9 Å². The quantitative estimate of drug-likeness (QED) is 0.413. The summed E-state index contributed by atoms with van der Waals surface area (Å²) in [5.74, 6) is 1.57. The number of sulfone groups is 1. The summed E-state index contributed by atoms with van der Waals surface area (Å²) in [6.07, 6.45) is 1.10. The van der Waals surface area contributed by atoms with E-state index in [0.717, 1.165) is 12.4 Å². The van der Waals surface area contributed by atoms with Gasteiger partial charge in [0.15, 0.2) is 15.8 Å². The van der Waals surface area contributed by atoms with Crippen LogP contribution in [0.4, 0.5) is 0 Å². The average Bonchev–Trinajstić information content (AvgIpc) is 3.30. The Balaban J connectivity index is 0.00000225. The van der Waals surface area contributed by atoms with E-state index < -0.39 is 14.6 Å². The normalized spacial score (nSPS) is 27.3. The summed E-state index contributed by atoms with van der Waals surface area (Å²) < 4.78 is 23.7. The number of hydrogen-bond acceptors (Lipinski definition) is 3. The first-order chi connectivity index (χ1) is 11.3. The molecule has 1 heterocycles. The number of hydrogen-bond donors (Lipinski definition) is 1. The van der Waals surface area contributed by atoms with Crippen LogP contribution < -0.4 is 5.32 Å². The van der Waals surface area contributed by atoms with E-state index in [0.29, 0.717) is 31.6 Å². The Morgan fingerprint density at radius 3 is 2.60 bits per heavy atom. The second kappa shape index (κ2) is 7.82. The number of guanidine groups is 1. The van der Waals surface area contributed by atoms with Crippen molar-refractivity contribution in [2.75, 3.05) is 25.4 Å². The minimum absolute atomic E-state index is 0. The molecule has 1 aliphatic heterocycles. The molecule has 1 saturated heterocycles. The molecular formula is C18H28IN3O2S. The molecule has 1 aliphatic carbocycles. The van der Waals surface area contributed by atoms with Crippen molar-refractivity contribution in [3.8, 4) is 0 Å². The van der Waals surface area contributed by atoms with E-state index in [9.17, 15) is 8.42 Å². The van der Waals surface area contributed by atoms with Crippen molar-refractivity contribution in [3.63, 3.8) is 0 Å². The molecule has 2 fully saturated rings. The second-order valence-electron chi connectivity index (χ2n) is 7.30. The van der Waals surface area contributed by atoms with Gasteiger partial charge in [0.1, 0.15) is 0 Å². The van der Waals surface area contributed by atoms with E-state index in [-0.39, 0.29) is 29.7 Å². The Bertz CT molecular complexity index is 719. The van der Waals surface area contributed by atoms with Crippen molar-refractivity contribution in [1.29, 1.82) is 0 Å².